The summed E-state index contributed by atoms with van der Waals surface area (Å²) in [6.45, 7) is 8.03. The Kier molecular flexibility index (Phi) is 5.26. The number of amides is 1. The fourth-order valence-electron chi connectivity index (χ4n) is 4.11. The molecule has 1 amide bonds. The molecule has 32 heavy (non-hydrogen) atoms. The lowest BCUT2D eigenvalue weighted by molar-refractivity contribution is -0.118. The van der Waals surface area contributed by atoms with Crippen LogP contribution in [-0.4, -0.2) is 45.3 Å². The molecule has 0 fully saturated rings. The number of benzene rings is 1. The number of rotatable bonds is 6. The van der Waals surface area contributed by atoms with Gasteiger partial charge in [-0.1, -0.05) is 6.07 Å². The summed E-state index contributed by atoms with van der Waals surface area (Å²) in [4.78, 5) is 30.5. The van der Waals surface area contributed by atoms with Crippen LogP contribution in [0.4, 0.5) is 5.82 Å². The first-order chi connectivity index (χ1) is 15.3. The van der Waals surface area contributed by atoms with Crippen LogP contribution in [0.25, 0.3) is 5.52 Å². The first kappa shape index (κ1) is 21.2. The number of carbonyl (C=O) groups excluding carboxylic acids is 2. The van der Waals surface area contributed by atoms with Crippen LogP contribution < -0.4 is 5.01 Å². The van der Waals surface area contributed by atoms with E-state index in [9.17, 15) is 14.9 Å². The van der Waals surface area contributed by atoms with E-state index in [1.165, 1.54) is 6.92 Å². The van der Waals surface area contributed by atoms with Crippen molar-refractivity contribution in [2.45, 2.75) is 33.2 Å². The van der Waals surface area contributed by atoms with Gasteiger partial charge in [0.25, 0.3) is 5.91 Å². The largest absolute Gasteiger partial charge is 0.322 e. The fourth-order valence-corrected chi connectivity index (χ4v) is 4.11. The molecule has 0 spiro atoms. The lowest BCUT2D eigenvalue weighted by Gasteiger charge is -2.31. The molecule has 3 aromatic rings. The van der Waals surface area contributed by atoms with Crippen LogP contribution in [0.15, 0.2) is 47.8 Å². The summed E-state index contributed by atoms with van der Waals surface area (Å²) in [6.07, 6.45) is 5.13. The van der Waals surface area contributed by atoms with E-state index >= 15 is 0 Å². The van der Waals surface area contributed by atoms with Crippen LogP contribution >= 0.6 is 0 Å². The molecule has 0 unspecified atom stereocenters. The number of carbonyl (C=O) groups is 2. The van der Waals surface area contributed by atoms with Crippen LogP contribution in [0.1, 0.15) is 54.9 Å². The molecule has 3 heterocycles. The minimum absolute atomic E-state index is 0.0498. The van der Waals surface area contributed by atoms with Crippen LogP contribution in [0.2, 0.25) is 0 Å². The molecule has 1 aliphatic heterocycles. The third-order valence-corrected chi connectivity index (χ3v) is 5.80. The van der Waals surface area contributed by atoms with Crippen molar-refractivity contribution in [1.29, 1.82) is 5.26 Å². The zero-order chi connectivity index (χ0) is 23.0. The second-order valence-corrected chi connectivity index (χ2v) is 8.25. The second-order valence-electron chi connectivity index (χ2n) is 8.25. The number of Topliss-reactive ketones (excluding diaryl/α,β-unsaturated/α-hetero) is 1. The van der Waals surface area contributed by atoms with E-state index in [0.717, 1.165) is 16.6 Å². The minimum Gasteiger partial charge on any atom is -0.322 e. The number of ketones is 1. The lowest BCUT2D eigenvalue weighted by atomic mass is 9.92. The predicted molar refractivity (Wildman–Crippen MR) is 122 cm³/mol. The summed E-state index contributed by atoms with van der Waals surface area (Å²) in [5, 5.41) is 15.7. The van der Waals surface area contributed by atoms with Crippen molar-refractivity contribution in [2.75, 3.05) is 18.1 Å². The summed E-state index contributed by atoms with van der Waals surface area (Å²) >= 11 is 0. The number of hydrogen-bond donors (Lipinski definition) is 0. The van der Waals surface area contributed by atoms with Gasteiger partial charge < -0.3 is 9.30 Å². The highest BCUT2D eigenvalue weighted by molar-refractivity contribution is 6.02. The monoisotopic (exact) mass is 428 g/mol. The molecule has 0 bridgehead atoms. The minimum atomic E-state index is -0.584. The maximum atomic E-state index is 12.8. The Hall–Kier alpha value is -3.99. The van der Waals surface area contributed by atoms with Gasteiger partial charge in [-0.2, -0.15) is 10.4 Å². The van der Waals surface area contributed by atoms with E-state index in [2.05, 4.69) is 16.2 Å². The SMILES string of the molecule is CCN(/N=C/c1ccc2c(c1)C(C)(C)N(CC(C)=O)C2=O)c1nccn2c(C#N)ccc12. The molecule has 8 nitrogen and oxygen atoms in total. The van der Waals surface area contributed by atoms with Crippen molar-refractivity contribution in [3.63, 3.8) is 0 Å². The molecule has 2 aromatic heterocycles. The van der Waals surface area contributed by atoms with Crippen molar-refractivity contribution in [1.82, 2.24) is 14.3 Å². The number of hydrogen-bond acceptors (Lipinski definition) is 6. The Labute approximate surface area is 186 Å². The third-order valence-electron chi connectivity index (χ3n) is 5.80. The molecule has 0 radical (unpaired) electrons. The zero-order valence-corrected chi connectivity index (χ0v) is 18.5. The highest BCUT2D eigenvalue weighted by atomic mass is 16.2. The number of fused-ring (bicyclic) bond motifs is 2. The van der Waals surface area contributed by atoms with Crippen LogP contribution in [-0.2, 0) is 10.3 Å². The molecule has 0 aliphatic carbocycles. The van der Waals surface area contributed by atoms with Gasteiger partial charge in [-0.3, -0.25) is 9.59 Å². The van der Waals surface area contributed by atoms with Crippen LogP contribution in [0, 0.1) is 11.3 Å². The molecule has 0 atom stereocenters. The summed E-state index contributed by atoms with van der Waals surface area (Å²) in [7, 11) is 0. The molecule has 0 saturated carbocycles. The Morgan fingerprint density at radius 3 is 2.78 bits per heavy atom. The molecule has 1 aliphatic rings. The molecule has 0 N–H and O–H groups in total. The van der Waals surface area contributed by atoms with Crippen molar-refractivity contribution in [2.24, 2.45) is 5.10 Å². The van der Waals surface area contributed by atoms with Crippen LogP contribution in [0.5, 0.6) is 0 Å². The van der Waals surface area contributed by atoms with Crippen molar-refractivity contribution in [3.8, 4) is 6.07 Å². The molecular formula is C24H24N6O2. The van der Waals surface area contributed by atoms with Gasteiger partial charge in [-0.05, 0) is 63.1 Å². The number of anilines is 1. The van der Waals surface area contributed by atoms with Gasteiger partial charge in [0.15, 0.2) is 5.82 Å². The number of nitriles is 1. The fraction of sp³-hybridized carbons (Fsp3) is 0.292. The number of nitrogens with zero attached hydrogens (tertiary/aromatic N) is 6. The average Bonchev–Trinajstić information content (AvgIpc) is 3.27. The Balaban J connectivity index is 1.67. The second kappa shape index (κ2) is 7.93. The van der Waals surface area contributed by atoms with Gasteiger partial charge in [0.05, 0.1) is 23.8 Å². The number of aromatic nitrogens is 2. The highest BCUT2D eigenvalue weighted by Crippen LogP contribution is 2.38. The van der Waals surface area contributed by atoms with Crippen molar-refractivity contribution in [3.05, 3.63) is 65.1 Å². The highest BCUT2D eigenvalue weighted by Gasteiger charge is 2.43. The van der Waals surface area contributed by atoms with Gasteiger partial charge in [0.2, 0.25) is 0 Å². The summed E-state index contributed by atoms with van der Waals surface area (Å²) in [5.41, 5.74) is 3.07. The normalized spacial score (nSPS) is 14.7. The standard InChI is InChI=1S/C24H24N6O2/c1-5-30(22-21-9-7-18(13-25)28(21)11-10-26-22)27-14-17-6-8-19-20(12-17)24(3,4)29(23(19)32)15-16(2)31/h6-12,14H,5,15H2,1-4H3/b27-14+. The van der Waals surface area contributed by atoms with Crippen LogP contribution in [0.3, 0.4) is 0 Å². The summed E-state index contributed by atoms with van der Waals surface area (Å²) in [5.74, 6) is 0.472. The van der Waals surface area contributed by atoms with E-state index in [1.807, 2.05) is 39.0 Å². The van der Waals surface area contributed by atoms with Crippen molar-refractivity contribution >= 4 is 29.2 Å². The smallest absolute Gasteiger partial charge is 0.255 e. The summed E-state index contributed by atoms with van der Waals surface area (Å²) in [6, 6.07) is 11.4. The van der Waals surface area contributed by atoms with Crippen molar-refractivity contribution < 1.29 is 9.59 Å². The predicted octanol–water partition coefficient (Wildman–Crippen LogP) is 3.35. The molecule has 4 rings (SSSR count). The summed E-state index contributed by atoms with van der Waals surface area (Å²) < 4.78 is 1.79. The van der Waals surface area contributed by atoms with Gasteiger partial charge in [0.1, 0.15) is 17.5 Å². The third kappa shape index (κ3) is 3.42. The van der Waals surface area contributed by atoms with Gasteiger partial charge in [0, 0.05) is 24.5 Å². The molecule has 0 saturated heterocycles. The Morgan fingerprint density at radius 2 is 2.09 bits per heavy atom. The first-order valence-electron chi connectivity index (χ1n) is 10.4. The molecular weight excluding hydrogens is 404 g/mol. The van der Waals surface area contributed by atoms with Gasteiger partial charge >= 0.3 is 0 Å². The Bertz CT molecular complexity index is 1300. The molecule has 8 heteroatoms. The van der Waals surface area contributed by atoms with Gasteiger partial charge in [-0.15, -0.1) is 0 Å². The number of hydrazone groups is 1. The average molecular weight is 428 g/mol. The van der Waals surface area contributed by atoms with E-state index in [-0.39, 0.29) is 18.2 Å². The van der Waals surface area contributed by atoms with E-state index in [4.69, 9.17) is 0 Å². The topological polar surface area (TPSA) is 94.1 Å². The molecule has 1 aromatic carbocycles. The Morgan fingerprint density at radius 1 is 1.31 bits per heavy atom. The van der Waals surface area contributed by atoms with E-state index in [1.54, 1.807) is 45.1 Å². The maximum Gasteiger partial charge on any atom is 0.255 e. The first-order valence-corrected chi connectivity index (χ1v) is 10.4. The quantitative estimate of drug-likeness (QED) is 0.443. The maximum absolute atomic E-state index is 12.8. The zero-order valence-electron chi connectivity index (χ0n) is 18.5. The molecule has 162 valence electrons. The van der Waals surface area contributed by atoms with E-state index < -0.39 is 5.54 Å². The van der Waals surface area contributed by atoms with E-state index in [0.29, 0.717) is 23.6 Å². The van der Waals surface area contributed by atoms with Gasteiger partial charge in [-0.25, -0.2) is 9.99 Å². The lowest BCUT2D eigenvalue weighted by Crippen LogP contribution is -2.41.